The highest BCUT2D eigenvalue weighted by atomic mass is 16.7. The van der Waals surface area contributed by atoms with E-state index in [1.54, 1.807) is 0 Å². The highest BCUT2D eigenvalue weighted by molar-refractivity contribution is 5.14. The first-order chi connectivity index (χ1) is 8.86. The first kappa shape index (κ1) is 15.2. The molecule has 0 spiro atoms. The summed E-state index contributed by atoms with van der Waals surface area (Å²) < 4.78 is 11.1. The average Bonchev–Trinajstić information content (AvgIpc) is 2.40. The van der Waals surface area contributed by atoms with Crippen LogP contribution in [0.15, 0.2) is 30.3 Å². The number of unbranched alkanes of at least 4 members (excludes halogenated alkanes) is 2. The van der Waals surface area contributed by atoms with Gasteiger partial charge in [0, 0.05) is 13.2 Å². The first-order valence-corrected chi connectivity index (χ1v) is 7.14. The van der Waals surface area contributed by atoms with Gasteiger partial charge in [-0.3, -0.25) is 0 Å². The zero-order chi connectivity index (χ0) is 13.1. The van der Waals surface area contributed by atoms with Crippen LogP contribution < -0.4 is 0 Å². The van der Waals surface area contributed by atoms with E-state index in [2.05, 4.69) is 30.3 Å². The molecule has 2 heteroatoms. The Morgan fingerprint density at radius 2 is 1.56 bits per heavy atom. The second-order valence-corrected chi connectivity index (χ2v) is 4.43. The molecule has 0 heterocycles. The van der Waals surface area contributed by atoms with Gasteiger partial charge in [-0.15, -0.1) is 0 Å². The van der Waals surface area contributed by atoms with Gasteiger partial charge in [0.2, 0.25) is 0 Å². The molecule has 0 radical (unpaired) electrons. The van der Waals surface area contributed by atoms with E-state index in [1.165, 1.54) is 31.2 Å². The Morgan fingerprint density at radius 3 is 2.17 bits per heavy atom. The number of hydrogen-bond donors (Lipinski definition) is 0. The Bertz CT molecular complexity index is 278. The minimum atomic E-state index is -0.00303. The first-order valence-electron chi connectivity index (χ1n) is 7.14. The fraction of sp³-hybridized carbons (Fsp3) is 0.625. The van der Waals surface area contributed by atoms with Crippen LogP contribution in [0.3, 0.4) is 0 Å². The smallest absolute Gasteiger partial charge is 0.157 e. The minimum Gasteiger partial charge on any atom is -0.353 e. The lowest BCUT2D eigenvalue weighted by molar-refractivity contribution is -0.140. The van der Waals surface area contributed by atoms with Gasteiger partial charge in [0.25, 0.3) is 0 Å². The van der Waals surface area contributed by atoms with Gasteiger partial charge in [-0.2, -0.15) is 0 Å². The van der Waals surface area contributed by atoms with Gasteiger partial charge in [0.15, 0.2) is 6.29 Å². The number of rotatable bonds is 10. The van der Waals surface area contributed by atoms with Crippen molar-refractivity contribution in [1.82, 2.24) is 0 Å². The Balaban J connectivity index is 2.06. The van der Waals surface area contributed by atoms with Crippen molar-refractivity contribution in [3.05, 3.63) is 35.9 Å². The maximum Gasteiger partial charge on any atom is 0.157 e. The third-order valence-electron chi connectivity index (χ3n) is 2.95. The molecule has 0 unspecified atom stereocenters. The summed E-state index contributed by atoms with van der Waals surface area (Å²) in [6.07, 6.45) is 5.85. The zero-order valence-electron chi connectivity index (χ0n) is 11.7. The number of hydrogen-bond acceptors (Lipinski definition) is 2. The van der Waals surface area contributed by atoms with Crippen molar-refractivity contribution in [3.63, 3.8) is 0 Å². The third-order valence-corrected chi connectivity index (χ3v) is 2.95. The average molecular weight is 250 g/mol. The summed E-state index contributed by atoms with van der Waals surface area (Å²) >= 11 is 0. The molecule has 0 amide bonds. The molecule has 0 bridgehead atoms. The van der Waals surface area contributed by atoms with Gasteiger partial charge in [0.1, 0.15) is 0 Å². The van der Waals surface area contributed by atoms with Gasteiger partial charge in [-0.1, -0.05) is 36.8 Å². The van der Waals surface area contributed by atoms with Gasteiger partial charge < -0.3 is 9.47 Å². The fourth-order valence-corrected chi connectivity index (χ4v) is 2.05. The molecule has 0 aliphatic heterocycles. The Kier molecular flexibility index (Phi) is 8.53. The van der Waals surface area contributed by atoms with Crippen molar-refractivity contribution in [3.8, 4) is 0 Å². The summed E-state index contributed by atoms with van der Waals surface area (Å²) in [4.78, 5) is 0. The normalized spacial score (nSPS) is 11.1. The largest absolute Gasteiger partial charge is 0.353 e. The molecule has 0 saturated carbocycles. The summed E-state index contributed by atoms with van der Waals surface area (Å²) in [6.45, 7) is 5.49. The van der Waals surface area contributed by atoms with E-state index in [9.17, 15) is 0 Å². The van der Waals surface area contributed by atoms with Gasteiger partial charge in [0.05, 0.1) is 0 Å². The van der Waals surface area contributed by atoms with Crippen LogP contribution in [0.4, 0.5) is 0 Å². The van der Waals surface area contributed by atoms with Gasteiger partial charge >= 0.3 is 0 Å². The molecule has 1 aromatic carbocycles. The van der Waals surface area contributed by atoms with Crippen LogP contribution in [0.1, 0.15) is 45.1 Å². The Hall–Kier alpha value is -0.860. The standard InChI is InChI=1S/C16H26O2/c1-3-17-16(18-4-2)14-10-6-9-13-15-11-7-5-8-12-15/h5,7-8,11-12,16H,3-4,6,9-10,13-14H2,1-2H3. The maximum absolute atomic E-state index is 5.53. The van der Waals surface area contributed by atoms with Gasteiger partial charge in [-0.25, -0.2) is 0 Å². The molecule has 102 valence electrons. The van der Waals surface area contributed by atoms with Crippen molar-refractivity contribution in [2.24, 2.45) is 0 Å². The highest BCUT2D eigenvalue weighted by Crippen LogP contribution is 2.11. The highest BCUT2D eigenvalue weighted by Gasteiger charge is 2.06. The van der Waals surface area contributed by atoms with E-state index in [1.807, 2.05) is 13.8 Å². The lowest BCUT2D eigenvalue weighted by Crippen LogP contribution is -2.17. The van der Waals surface area contributed by atoms with E-state index in [0.29, 0.717) is 0 Å². The fourth-order valence-electron chi connectivity index (χ4n) is 2.05. The van der Waals surface area contributed by atoms with Crippen LogP contribution in [0, 0.1) is 0 Å². The molecular weight excluding hydrogens is 224 g/mol. The predicted octanol–water partition coefficient (Wildman–Crippen LogP) is 4.19. The summed E-state index contributed by atoms with van der Waals surface area (Å²) in [5.74, 6) is 0. The van der Waals surface area contributed by atoms with E-state index >= 15 is 0 Å². The monoisotopic (exact) mass is 250 g/mol. The molecule has 0 aliphatic rings. The zero-order valence-corrected chi connectivity index (χ0v) is 11.7. The molecule has 0 atom stereocenters. The summed E-state index contributed by atoms with van der Waals surface area (Å²) in [5, 5.41) is 0. The molecule has 0 fully saturated rings. The quantitative estimate of drug-likeness (QED) is 0.458. The molecule has 18 heavy (non-hydrogen) atoms. The lowest BCUT2D eigenvalue weighted by Gasteiger charge is -2.16. The summed E-state index contributed by atoms with van der Waals surface area (Å²) in [6, 6.07) is 10.7. The number of benzene rings is 1. The topological polar surface area (TPSA) is 18.5 Å². The number of aryl methyl sites for hydroxylation is 1. The van der Waals surface area contributed by atoms with Crippen molar-refractivity contribution in [2.75, 3.05) is 13.2 Å². The van der Waals surface area contributed by atoms with Crippen molar-refractivity contribution in [1.29, 1.82) is 0 Å². The number of ether oxygens (including phenoxy) is 2. The SMILES string of the molecule is CCOC(CCCCCc1ccccc1)OCC. The van der Waals surface area contributed by atoms with Crippen molar-refractivity contribution in [2.45, 2.75) is 52.2 Å². The van der Waals surface area contributed by atoms with Crippen LogP contribution in [-0.2, 0) is 15.9 Å². The molecule has 0 N–H and O–H groups in total. The van der Waals surface area contributed by atoms with E-state index in [-0.39, 0.29) is 6.29 Å². The van der Waals surface area contributed by atoms with Crippen LogP contribution in [0.5, 0.6) is 0 Å². The van der Waals surface area contributed by atoms with Gasteiger partial charge in [-0.05, 0) is 45.1 Å². The molecular formula is C16H26O2. The van der Waals surface area contributed by atoms with E-state index in [4.69, 9.17) is 9.47 Å². The third kappa shape index (κ3) is 6.77. The Labute approximate surface area is 111 Å². The second-order valence-electron chi connectivity index (χ2n) is 4.43. The maximum atomic E-state index is 5.53. The molecule has 2 nitrogen and oxygen atoms in total. The predicted molar refractivity (Wildman–Crippen MR) is 75.7 cm³/mol. The summed E-state index contributed by atoms with van der Waals surface area (Å²) in [7, 11) is 0. The van der Waals surface area contributed by atoms with E-state index < -0.39 is 0 Å². The van der Waals surface area contributed by atoms with Crippen molar-refractivity contribution >= 4 is 0 Å². The lowest BCUT2D eigenvalue weighted by atomic mass is 10.1. The molecule has 0 aromatic heterocycles. The minimum absolute atomic E-state index is 0.00303. The van der Waals surface area contributed by atoms with Crippen LogP contribution in [0.2, 0.25) is 0 Å². The van der Waals surface area contributed by atoms with Crippen molar-refractivity contribution < 1.29 is 9.47 Å². The molecule has 0 saturated heterocycles. The van der Waals surface area contributed by atoms with E-state index in [0.717, 1.165) is 19.6 Å². The Morgan fingerprint density at radius 1 is 0.889 bits per heavy atom. The summed E-state index contributed by atoms with van der Waals surface area (Å²) in [5.41, 5.74) is 1.43. The van der Waals surface area contributed by atoms with Crippen LogP contribution in [-0.4, -0.2) is 19.5 Å². The van der Waals surface area contributed by atoms with Crippen LogP contribution >= 0.6 is 0 Å². The second kappa shape index (κ2) is 10.1. The van der Waals surface area contributed by atoms with Crippen LogP contribution in [0.25, 0.3) is 0 Å². The molecule has 0 aliphatic carbocycles. The molecule has 1 rings (SSSR count). The molecule has 1 aromatic rings.